The van der Waals surface area contributed by atoms with Gasteiger partial charge in [0.2, 0.25) is 0 Å². The Morgan fingerprint density at radius 2 is 1.00 bits per heavy atom. The molecule has 4 heteroatoms. The van der Waals surface area contributed by atoms with Crippen LogP contribution < -0.4 is 0 Å². The van der Waals surface area contributed by atoms with Crippen LogP contribution in [0.5, 0.6) is 23.0 Å². The molecule has 0 saturated carbocycles. The highest BCUT2D eigenvalue weighted by atomic mass is 16.3. The number of aromatic hydroxyl groups is 4. The predicted octanol–water partition coefficient (Wildman–Crippen LogP) is 4.15. The molecule has 0 saturated heterocycles. The van der Waals surface area contributed by atoms with Gasteiger partial charge in [0.1, 0.15) is 23.0 Å². The van der Waals surface area contributed by atoms with Crippen LogP contribution in [0.25, 0.3) is 22.3 Å². The van der Waals surface area contributed by atoms with Crippen molar-refractivity contribution in [3.63, 3.8) is 0 Å². The Balaban J connectivity index is 2.16. The van der Waals surface area contributed by atoms with E-state index in [-0.39, 0.29) is 23.0 Å². The van der Waals surface area contributed by atoms with Crippen LogP contribution in [0, 0.1) is 6.92 Å². The van der Waals surface area contributed by atoms with Crippen LogP contribution >= 0.6 is 0 Å². The van der Waals surface area contributed by atoms with Gasteiger partial charge in [-0.3, -0.25) is 0 Å². The molecule has 0 amide bonds. The summed E-state index contributed by atoms with van der Waals surface area (Å²) in [7, 11) is 0. The van der Waals surface area contributed by atoms with Crippen molar-refractivity contribution in [2.45, 2.75) is 6.92 Å². The zero-order valence-corrected chi connectivity index (χ0v) is 12.5. The van der Waals surface area contributed by atoms with Crippen molar-refractivity contribution >= 4 is 0 Å². The minimum atomic E-state index is -0.0171. The first kappa shape index (κ1) is 14.8. The number of hydrogen-bond acceptors (Lipinski definition) is 4. The van der Waals surface area contributed by atoms with Gasteiger partial charge >= 0.3 is 0 Å². The summed E-state index contributed by atoms with van der Waals surface area (Å²) < 4.78 is 0. The number of benzene rings is 3. The molecular formula is C19H16O4. The summed E-state index contributed by atoms with van der Waals surface area (Å²) in [5.41, 5.74) is 3.67. The van der Waals surface area contributed by atoms with Gasteiger partial charge in [-0.15, -0.1) is 0 Å². The largest absolute Gasteiger partial charge is 0.508 e. The highest BCUT2D eigenvalue weighted by Crippen LogP contribution is 2.37. The lowest BCUT2D eigenvalue weighted by Gasteiger charge is -2.11. The van der Waals surface area contributed by atoms with Crippen molar-refractivity contribution < 1.29 is 20.4 Å². The molecule has 0 aliphatic rings. The highest BCUT2D eigenvalue weighted by Gasteiger charge is 2.11. The molecule has 0 aliphatic carbocycles. The fourth-order valence-electron chi connectivity index (χ4n) is 2.62. The second-order valence-corrected chi connectivity index (χ2v) is 5.49. The first-order valence-corrected chi connectivity index (χ1v) is 7.10. The van der Waals surface area contributed by atoms with Gasteiger partial charge in [0, 0.05) is 23.3 Å². The van der Waals surface area contributed by atoms with Crippen molar-refractivity contribution in [1.29, 1.82) is 0 Å². The van der Waals surface area contributed by atoms with Gasteiger partial charge < -0.3 is 20.4 Å². The molecule has 4 N–H and O–H groups in total. The van der Waals surface area contributed by atoms with Crippen LogP contribution in [0.15, 0.2) is 54.6 Å². The van der Waals surface area contributed by atoms with E-state index in [4.69, 9.17) is 0 Å². The molecule has 4 nitrogen and oxygen atoms in total. The third-order valence-corrected chi connectivity index (χ3v) is 3.66. The Kier molecular flexibility index (Phi) is 3.58. The number of rotatable bonds is 2. The summed E-state index contributed by atoms with van der Waals surface area (Å²) in [5.74, 6) is -0.0430. The van der Waals surface area contributed by atoms with E-state index in [1.54, 1.807) is 12.1 Å². The average Bonchev–Trinajstić information content (AvgIpc) is 2.46. The summed E-state index contributed by atoms with van der Waals surface area (Å²) >= 11 is 0. The van der Waals surface area contributed by atoms with Gasteiger partial charge in [-0.1, -0.05) is 12.1 Å². The molecule has 116 valence electrons. The lowest BCUT2D eigenvalue weighted by atomic mass is 9.95. The number of phenols is 4. The monoisotopic (exact) mass is 308 g/mol. The summed E-state index contributed by atoms with van der Waals surface area (Å²) in [5, 5.41) is 38.9. The molecule has 0 unspecified atom stereocenters. The topological polar surface area (TPSA) is 80.9 Å². The lowest BCUT2D eigenvalue weighted by Crippen LogP contribution is -1.86. The Morgan fingerprint density at radius 3 is 1.39 bits per heavy atom. The third kappa shape index (κ3) is 2.92. The van der Waals surface area contributed by atoms with Crippen molar-refractivity contribution in [1.82, 2.24) is 0 Å². The minimum absolute atomic E-state index is 0.00435. The molecule has 0 atom stereocenters. The van der Waals surface area contributed by atoms with Crippen molar-refractivity contribution in [2.75, 3.05) is 0 Å². The Labute approximate surface area is 133 Å². The quantitative estimate of drug-likeness (QED) is 0.573. The van der Waals surface area contributed by atoms with E-state index in [1.807, 2.05) is 25.1 Å². The second-order valence-electron chi connectivity index (χ2n) is 5.49. The lowest BCUT2D eigenvalue weighted by molar-refractivity contribution is 0.451. The van der Waals surface area contributed by atoms with Gasteiger partial charge in [0.25, 0.3) is 0 Å². The average molecular weight is 308 g/mol. The van der Waals surface area contributed by atoms with Crippen molar-refractivity contribution in [3.05, 3.63) is 60.2 Å². The molecule has 23 heavy (non-hydrogen) atoms. The van der Waals surface area contributed by atoms with Gasteiger partial charge in [0.05, 0.1) is 0 Å². The normalized spacial score (nSPS) is 10.7. The summed E-state index contributed by atoms with van der Waals surface area (Å²) in [4.78, 5) is 0. The maximum absolute atomic E-state index is 10.0. The van der Waals surface area contributed by atoms with E-state index in [2.05, 4.69) is 0 Å². The minimum Gasteiger partial charge on any atom is -0.508 e. The summed E-state index contributed by atoms with van der Waals surface area (Å²) in [6.07, 6.45) is 0. The summed E-state index contributed by atoms with van der Waals surface area (Å²) in [6, 6.07) is 14.5. The SMILES string of the molecule is Cc1cc(-c2ccc(O)cc2O)cc(-c2ccc(O)cc2O)c1. The zero-order valence-electron chi connectivity index (χ0n) is 12.5. The fourth-order valence-corrected chi connectivity index (χ4v) is 2.62. The molecule has 0 aliphatic heterocycles. The molecule has 0 spiro atoms. The van der Waals surface area contributed by atoms with Crippen molar-refractivity contribution in [3.8, 4) is 45.3 Å². The third-order valence-electron chi connectivity index (χ3n) is 3.66. The molecule has 0 fully saturated rings. The maximum atomic E-state index is 10.0. The molecular weight excluding hydrogens is 292 g/mol. The van der Waals surface area contributed by atoms with Gasteiger partial charge in [-0.05, 0) is 53.9 Å². The van der Waals surface area contributed by atoms with E-state index in [1.165, 1.54) is 24.3 Å². The van der Waals surface area contributed by atoms with Gasteiger partial charge in [-0.2, -0.15) is 0 Å². The molecule has 0 heterocycles. The molecule has 0 bridgehead atoms. The molecule has 3 aromatic rings. The maximum Gasteiger partial charge on any atom is 0.127 e. The number of aryl methyl sites for hydroxylation is 1. The molecule has 3 rings (SSSR count). The van der Waals surface area contributed by atoms with Gasteiger partial charge in [-0.25, -0.2) is 0 Å². The standard InChI is InChI=1S/C19H16O4/c1-11-6-12(16-4-2-14(20)9-18(16)22)8-13(7-11)17-5-3-15(21)10-19(17)23/h2-10,20-23H,1H3. The Morgan fingerprint density at radius 1 is 0.565 bits per heavy atom. The molecule has 3 aromatic carbocycles. The van der Waals surface area contributed by atoms with E-state index < -0.39 is 0 Å². The van der Waals surface area contributed by atoms with Crippen molar-refractivity contribution in [2.24, 2.45) is 0 Å². The highest BCUT2D eigenvalue weighted by molar-refractivity contribution is 5.79. The molecule has 0 radical (unpaired) electrons. The first-order chi connectivity index (χ1) is 10.9. The van der Waals surface area contributed by atoms with E-state index >= 15 is 0 Å². The molecule has 0 aromatic heterocycles. The Bertz CT molecular complexity index is 815. The van der Waals surface area contributed by atoms with E-state index in [0.717, 1.165) is 16.7 Å². The predicted molar refractivity (Wildman–Crippen MR) is 88.7 cm³/mol. The van der Waals surface area contributed by atoms with Crippen LogP contribution in [-0.2, 0) is 0 Å². The van der Waals surface area contributed by atoms with Crippen LogP contribution in [0.1, 0.15) is 5.56 Å². The fraction of sp³-hybridized carbons (Fsp3) is 0.0526. The summed E-state index contributed by atoms with van der Waals surface area (Å²) in [6.45, 7) is 1.92. The second kappa shape index (κ2) is 5.57. The van der Waals surface area contributed by atoms with Crippen LogP contribution in [0.4, 0.5) is 0 Å². The smallest absolute Gasteiger partial charge is 0.127 e. The van der Waals surface area contributed by atoms with E-state index in [0.29, 0.717) is 11.1 Å². The van der Waals surface area contributed by atoms with E-state index in [9.17, 15) is 20.4 Å². The number of hydrogen-bond donors (Lipinski definition) is 4. The Hall–Kier alpha value is -3.14. The number of phenolic OH excluding ortho intramolecular Hbond substituents is 4. The van der Waals surface area contributed by atoms with Gasteiger partial charge in [0.15, 0.2) is 0 Å². The first-order valence-electron chi connectivity index (χ1n) is 7.10. The van der Waals surface area contributed by atoms with Crippen LogP contribution in [-0.4, -0.2) is 20.4 Å². The van der Waals surface area contributed by atoms with Crippen LogP contribution in [0.3, 0.4) is 0 Å². The van der Waals surface area contributed by atoms with Crippen LogP contribution in [0.2, 0.25) is 0 Å². The zero-order chi connectivity index (χ0) is 16.6.